The van der Waals surface area contributed by atoms with Crippen molar-refractivity contribution in [3.8, 4) is 0 Å². The molecule has 0 saturated carbocycles. The second kappa shape index (κ2) is 4.88. The summed E-state index contributed by atoms with van der Waals surface area (Å²) in [5.74, 6) is -10.3. The molecule has 0 aliphatic carbocycles. The van der Waals surface area contributed by atoms with Gasteiger partial charge in [-0.2, -0.15) is 52.7 Å². The fourth-order valence-corrected chi connectivity index (χ4v) is 2.94. The fraction of sp³-hybridized carbons (Fsp3) is 1.00. The molecule has 26 heavy (non-hydrogen) atoms. The van der Waals surface area contributed by atoms with Crippen molar-refractivity contribution in [2.45, 2.75) is 60.3 Å². The van der Waals surface area contributed by atoms with Gasteiger partial charge in [-0.15, -0.1) is 0 Å². The van der Waals surface area contributed by atoms with E-state index in [0.29, 0.717) is 0 Å². The number of rotatable bonds is 0. The molecule has 2 aliphatic rings. The van der Waals surface area contributed by atoms with Crippen LogP contribution >= 0.6 is 0 Å². The minimum atomic E-state index is -6.56. The van der Waals surface area contributed by atoms with Gasteiger partial charge >= 0.3 is 24.7 Å². The molecule has 2 rings (SSSR count). The van der Waals surface area contributed by atoms with Crippen LogP contribution in [0.3, 0.4) is 0 Å². The molecule has 2 heterocycles. The predicted molar refractivity (Wildman–Crippen MR) is 51.0 cm³/mol. The van der Waals surface area contributed by atoms with Crippen LogP contribution < -0.4 is 0 Å². The highest BCUT2D eigenvalue weighted by Crippen LogP contribution is 2.70. The maximum atomic E-state index is 13.3. The van der Waals surface area contributed by atoms with Crippen LogP contribution in [0.4, 0.5) is 52.7 Å². The molecule has 0 spiro atoms. The van der Waals surface area contributed by atoms with Crippen LogP contribution in [0.5, 0.6) is 0 Å². The van der Waals surface area contributed by atoms with Crippen molar-refractivity contribution < 1.29 is 72.4 Å². The predicted octanol–water partition coefficient (Wildman–Crippen LogP) is 2.93. The van der Waals surface area contributed by atoms with Crippen molar-refractivity contribution in [3.05, 3.63) is 0 Å². The van der Waals surface area contributed by atoms with Gasteiger partial charge in [0, 0.05) is 0 Å². The number of hydrogen-bond donors (Lipinski definition) is 2. The SMILES string of the molecule is O[C@@]1(C(F)(F)F)C[C@@]2(C(F)(F)F)O[C@](O)(C(F)(F)F)C[C@@]2(C(F)(F)F)O1. The van der Waals surface area contributed by atoms with E-state index in [1.807, 2.05) is 0 Å². The summed E-state index contributed by atoms with van der Waals surface area (Å²) >= 11 is 0. The van der Waals surface area contributed by atoms with Crippen molar-refractivity contribution in [3.63, 3.8) is 0 Å². The molecule has 0 amide bonds. The second-order valence-corrected chi connectivity index (χ2v) is 5.77. The Morgan fingerprint density at radius 2 is 0.731 bits per heavy atom. The monoisotopic (exact) mass is 418 g/mol. The Balaban J connectivity index is 2.80. The average Bonchev–Trinajstić information content (AvgIpc) is 2.71. The van der Waals surface area contributed by atoms with Gasteiger partial charge in [0.25, 0.3) is 11.6 Å². The minimum absolute atomic E-state index is 3.13. The Labute approximate surface area is 134 Å². The maximum Gasteiger partial charge on any atom is 0.443 e. The molecule has 2 N–H and O–H groups in total. The Morgan fingerprint density at radius 1 is 0.500 bits per heavy atom. The lowest BCUT2D eigenvalue weighted by Crippen LogP contribution is -2.64. The Bertz CT molecular complexity index is 521. The topological polar surface area (TPSA) is 58.9 Å². The summed E-state index contributed by atoms with van der Waals surface area (Å²) in [7, 11) is 0. The van der Waals surface area contributed by atoms with Gasteiger partial charge in [-0.25, -0.2) is 0 Å². The zero-order valence-electron chi connectivity index (χ0n) is 11.7. The largest absolute Gasteiger partial charge is 0.443 e. The Kier molecular flexibility index (Phi) is 4.00. The van der Waals surface area contributed by atoms with Crippen LogP contribution in [-0.4, -0.2) is 57.7 Å². The number of ether oxygens (including phenoxy) is 2. The molecular weight excluding hydrogens is 412 g/mol. The average molecular weight is 418 g/mol. The maximum absolute atomic E-state index is 13.3. The highest BCUT2D eigenvalue weighted by Gasteiger charge is 2.94. The smallest absolute Gasteiger partial charge is 0.358 e. The molecule has 2 aliphatic heterocycles. The summed E-state index contributed by atoms with van der Waals surface area (Å²) in [5, 5.41) is 18.3. The minimum Gasteiger partial charge on any atom is -0.358 e. The van der Waals surface area contributed by atoms with E-state index >= 15 is 0 Å². The molecule has 0 aromatic carbocycles. The molecule has 2 fully saturated rings. The standard InChI is InChI=1S/C10H6F12O4/c11-7(12,13)3-1-5(23,9(17,18)19)26-4(3,8(14,15)16)2-6(24,25-3)10(20,21)22/h23-24H,1-2H2/t3-,4-,5+,6+/m1/s1. The van der Waals surface area contributed by atoms with Crippen molar-refractivity contribution in [2.24, 2.45) is 0 Å². The molecule has 4 atom stereocenters. The van der Waals surface area contributed by atoms with E-state index < -0.39 is 60.3 Å². The van der Waals surface area contributed by atoms with Crippen LogP contribution in [-0.2, 0) is 9.47 Å². The van der Waals surface area contributed by atoms with E-state index in [2.05, 4.69) is 9.47 Å². The highest BCUT2D eigenvalue weighted by molar-refractivity contribution is 5.25. The third kappa shape index (κ3) is 2.41. The van der Waals surface area contributed by atoms with Crippen molar-refractivity contribution in [1.82, 2.24) is 0 Å². The Hall–Kier alpha value is -1.00. The lowest BCUT2D eigenvalue weighted by molar-refractivity contribution is -0.407. The molecule has 4 nitrogen and oxygen atoms in total. The highest BCUT2D eigenvalue weighted by atomic mass is 19.4. The van der Waals surface area contributed by atoms with E-state index in [0.717, 1.165) is 0 Å². The third-order valence-electron chi connectivity index (χ3n) is 4.12. The number of fused-ring (bicyclic) bond motifs is 1. The van der Waals surface area contributed by atoms with E-state index in [-0.39, 0.29) is 0 Å². The van der Waals surface area contributed by atoms with Gasteiger partial charge in [0.15, 0.2) is 0 Å². The first kappa shape index (κ1) is 21.3. The molecule has 154 valence electrons. The van der Waals surface area contributed by atoms with E-state index in [9.17, 15) is 62.9 Å². The quantitative estimate of drug-likeness (QED) is 0.595. The first-order chi connectivity index (χ1) is 11.1. The van der Waals surface area contributed by atoms with Crippen molar-refractivity contribution in [2.75, 3.05) is 0 Å². The summed E-state index contributed by atoms with van der Waals surface area (Å²) < 4.78 is 163. The van der Waals surface area contributed by atoms with E-state index in [1.165, 1.54) is 0 Å². The van der Waals surface area contributed by atoms with Gasteiger partial charge < -0.3 is 19.7 Å². The van der Waals surface area contributed by atoms with Crippen molar-refractivity contribution >= 4 is 0 Å². The van der Waals surface area contributed by atoms with Crippen LogP contribution in [0, 0.1) is 0 Å². The van der Waals surface area contributed by atoms with Gasteiger partial charge in [0.05, 0.1) is 12.8 Å². The molecule has 0 bridgehead atoms. The van der Waals surface area contributed by atoms with Gasteiger partial charge in [-0.1, -0.05) is 0 Å². The van der Waals surface area contributed by atoms with Gasteiger partial charge in [0.1, 0.15) is 0 Å². The molecule has 0 aromatic heterocycles. The normalized spacial score (nSPS) is 42.2. The summed E-state index contributed by atoms with van der Waals surface area (Å²) in [5.41, 5.74) is -10.8. The molecule has 0 radical (unpaired) electrons. The fourth-order valence-electron chi connectivity index (χ4n) is 2.94. The van der Waals surface area contributed by atoms with Crippen LogP contribution in [0.2, 0.25) is 0 Å². The summed E-state index contributed by atoms with van der Waals surface area (Å²) in [6, 6.07) is 0. The van der Waals surface area contributed by atoms with Crippen LogP contribution in [0.1, 0.15) is 12.8 Å². The van der Waals surface area contributed by atoms with Crippen molar-refractivity contribution in [1.29, 1.82) is 0 Å². The number of halogens is 12. The number of alkyl halides is 12. The number of aliphatic hydroxyl groups is 2. The van der Waals surface area contributed by atoms with Crippen LogP contribution in [0.15, 0.2) is 0 Å². The summed E-state index contributed by atoms with van der Waals surface area (Å²) in [4.78, 5) is 0. The summed E-state index contributed by atoms with van der Waals surface area (Å²) in [6.07, 6.45) is -31.9. The lowest BCUT2D eigenvalue weighted by atomic mass is 9.79. The van der Waals surface area contributed by atoms with E-state index in [4.69, 9.17) is 0 Å². The molecule has 2 saturated heterocycles. The zero-order chi connectivity index (χ0) is 20.8. The second-order valence-electron chi connectivity index (χ2n) is 5.77. The first-order valence-electron chi connectivity index (χ1n) is 6.20. The number of hydrogen-bond acceptors (Lipinski definition) is 4. The lowest BCUT2D eigenvalue weighted by Gasteiger charge is -2.38. The molecular formula is C10H6F12O4. The first-order valence-corrected chi connectivity index (χ1v) is 6.20. The van der Waals surface area contributed by atoms with Gasteiger partial charge in [-0.05, 0) is 0 Å². The molecule has 0 unspecified atom stereocenters. The third-order valence-corrected chi connectivity index (χ3v) is 4.12. The van der Waals surface area contributed by atoms with Crippen LogP contribution in [0.25, 0.3) is 0 Å². The van der Waals surface area contributed by atoms with Gasteiger partial charge in [-0.3, -0.25) is 0 Å². The molecule has 16 heteroatoms. The Morgan fingerprint density at radius 3 is 0.885 bits per heavy atom. The van der Waals surface area contributed by atoms with Gasteiger partial charge in [0.2, 0.25) is 11.2 Å². The van der Waals surface area contributed by atoms with E-state index in [1.54, 1.807) is 0 Å². The summed E-state index contributed by atoms with van der Waals surface area (Å²) in [6.45, 7) is 0. The zero-order valence-corrected chi connectivity index (χ0v) is 11.7. The molecule has 0 aromatic rings.